The van der Waals surface area contributed by atoms with Crippen molar-refractivity contribution in [3.63, 3.8) is 0 Å². The molecule has 2 aromatic carbocycles. The van der Waals surface area contributed by atoms with Crippen LogP contribution in [0.4, 0.5) is 0 Å². The molecule has 30 heavy (non-hydrogen) atoms. The first kappa shape index (κ1) is 20.4. The zero-order chi connectivity index (χ0) is 20.8. The van der Waals surface area contributed by atoms with Crippen LogP contribution in [0.2, 0.25) is 0 Å². The number of carbonyl (C=O) groups excluding carboxylic acids is 1. The summed E-state index contributed by atoms with van der Waals surface area (Å²) in [6, 6.07) is 16.3. The Morgan fingerprint density at radius 1 is 1.10 bits per heavy atom. The molecule has 1 N–H and O–H groups in total. The molecule has 2 heterocycles. The van der Waals surface area contributed by atoms with Crippen molar-refractivity contribution in [2.45, 2.75) is 39.4 Å². The van der Waals surface area contributed by atoms with Crippen LogP contribution in [0.5, 0.6) is 0 Å². The maximum atomic E-state index is 12.5. The Bertz CT molecular complexity index is 950. The highest BCUT2D eigenvalue weighted by molar-refractivity contribution is 5.94. The Balaban J connectivity index is 1.30. The van der Waals surface area contributed by atoms with Crippen LogP contribution >= 0.6 is 0 Å². The van der Waals surface area contributed by atoms with Crippen molar-refractivity contribution < 1.29 is 4.79 Å². The summed E-state index contributed by atoms with van der Waals surface area (Å²) in [6.45, 7) is 6.98. The van der Waals surface area contributed by atoms with Crippen LogP contribution in [-0.2, 0) is 19.6 Å². The first-order valence-corrected chi connectivity index (χ1v) is 10.8. The average molecular weight is 403 g/mol. The van der Waals surface area contributed by atoms with E-state index in [1.54, 1.807) is 12.5 Å². The van der Waals surface area contributed by atoms with Crippen LogP contribution in [0.3, 0.4) is 0 Å². The quantitative estimate of drug-likeness (QED) is 0.647. The Hall–Kier alpha value is -2.92. The van der Waals surface area contributed by atoms with Gasteiger partial charge in [0.25, 0.3) is 5.91 Å². The van der Waals surface area contributed by atoms with E-state index in [9.17, 15) is 4.79 Å². The Kier molecular flexibility index (Phi) is 6.60. The van der Waals surface area contributed by atoms with E-state index in [0.29, 0.717) is 12.1 Å². The molecule has 0 bridgehead atoms. The minimum absolute atomic E-state index is 0.0422. The highest BCUT2D eigenvalue weighted by Gasteiger charge is 2.16. The number of carbonyl (C=O) groups is 1. The van der Waals surface area contributed by atoms with Crippen LogP contribution in [0.1, 0.15) is 46.8 Å². The molecule has 0 saturated carbocycles. The second kappa shape index (κ2) is 9.72. The second-order valence-corrected chi connectivity index (χ2v) is 8.42. The van der Waals surface area contributed by atoms with Gasteiger partial charge in [-0.1, -0.05) is 43.3 Å². The lowest BCUT2D eigenvalue weighted by molar-refractivity contribution is 0.0951. The Morgan fingerprint density at radius 2 is 1.93 bits per heavy atom. The van der Waals surface area contributed by atoms with Gasteiger partial charge in [-0.15, -0.1) is 0 Å². The number of amides is 1. The number of piperidine rings is 1. The van der Waals surface area contributed by atoms with Gasteiger partial charge in [0.2, 0.25) is 0 Å². The molecule has 3 aromatic rings. The molecule has 1 aliphatic heterocycles. The van der Waals surface area contributed by atoms with Crippen LogP contribution < -0.4 is 5.32 Å². The Morgan fingerprint density at radius 3 is 2.70 bits per heavy atom. The zero-order valence-corrected chi connectivity index (χ0v) is 17.6. The van der Waals surface area contributed by atoms with Gasteiger partial charge in [0.15, 0.2) is 0 Å². The molecular weight excluding hydrogens is 372 g/mol. The van der Waals surface area contributed by atoms with Crippen molar-refractivity contribution in [1.82, 2.24) is 19.8 Å². The SMILES string of the molecule is CC1CCCN(Cc2cccc(CNC(=O)c3ccc(Cn4ccnc4)cc3)c2)C1. The first-order chi connectivity index (χ1) is 14.7. The van der Waals surface area contributed by atoms with Crippen LogP contribution in [0.25, 0.3) is 0 Å². The van der Waals surface area contributed by atoms with Gasteiger partial charge >= 0.3 is 0 Å². The highest BCUT2D eigenvalue weighted by Crippen LogP contribution is 2.18. The van der Waals surface area contributed by atoms with Crippen molar-refractivity contribution in [1.29, 1.82) is 0 Å². The smallest absolute Gasteiger partial charge is 0.251 e. The summed E-state index contributed by atoms with van der Waals surface area (Å²) in [7, 11) is 0. The van der Waals surface area contributed by atoms with Crippen molar-refractivity contribution in [2.75, 3.05) is 13.1 Å². The van der Waals surface area contributed by atoms with E-state index in [0.717, 1.165) is 30.1 Å². The fraction of sp³-hybridized carbons (Fsp3) is 0.360. The molecule has 1 unspecified atom stereocenters. The van der Waals surface area contributed by atoms with E-state index in [4.69, 9.17) is 0 Å². The number of benzene rings is 2. The predicted octanol–water partition coefficient (Wildman–Crippen LogP) is 4.09. The third-order valence-corrected chi connectivity index (χ3v) is 5.73. The molecule has 5 nitrogen and oxygen atoms in total. The highest BCUT2D eigenvalue weighted by atomic mass is 16.1. The van der Waals surface area contributed by atoms with E-state index in [1.807, 2.05) is 35.0 Å². The first-order valence-electron chi connectivity index (χ1n) is 10.8. The van der Waals surface area contributed by atoms with Gasteiger partial charge in [-0.3, -0.25) is 9.69 Å². The predicted molar refractivity (Wildman–Crippen MR) is 119 cm³/mol. The summed E-state index contributed by atoms with van der Waals surface area (Å²) in [5.41, 5.74) is 4.29. The number of hydrogen-bond acceptors (Lipinski definition) is 3. The number of hydrogen-bond donors (Lipinski definition) is 1. The summed E-state index contributed by atoms with van der Waals surface area (Å²) in [5.74, 6) is 0.743. The van der Waals surface area contributed by atoms with Crippen LogP contribution in [0, 0.1) is 5.92 Å². The minimum Gasteiger partial charge on any atom is -0.348 e. The zero-order valence-electron chi connectivity index (χ0n) is 17.6. The summed E-state index contributed by atoms with van der Waals surface area (Å²) in [5, 5.41) is 3.05. The number of rotatable bonds is 7. The summed E-state index contributed by atoms with van der Waals surface area (Å²) in [4.78, 5) is 19.1. The van der Waals surface area contributed by atoms with Crippen LogP contribution in [0.15, 0.2) is 67.3 Å². The van der Waals surface area contributed by atoms with Gasteiger partial charge in [0, 0.05) is 44.1 Å². The number of likely N-dealkylation sites (tertiary alicyclic amines) is 1. The van der Waals surface area contributed by atoms with Gasteiger partial charge in [0.1, 0.15) is 0 Å². The average Bonchev–Trinajstić information content (AvgIpc) is 3.26. The van der Waals surface area contributed by atoms with Crippen molar-refractivity contribution in [3.8, 4) is 0 Å². The molecule has 0 radical (unpaired) electrons. The molecule has 5 heteroatoms. The van der Waals surface area contributed by atoms with E-state index in [2.05, 4.69) is 46.4 Å². The van der Waals surface area contributed by atoms with E-state index >= 15 is 0 Å². The van der Waals surface area contributed by atoms with Gasteiger partial charge in [0.05, 0.1) is 6.33 Å². The largest absolute Gasteiger partial charge is 0.348 e. The molecule has 156 valence electrons. The summed E-state index contributed by atoms with van der Waals surface area (Å²) in [6.07, 6.45) is 8.12. The standard InChI is InChI=1S/C25H30N4O/c1-20-4-3-12-28(16-20)18-23-6-2-5-22(14-23)15-27-25(30)24-9-7-21(8-10-24)17-29-13-11-26-19-29/h2,5-11,13-14,19-20H,3-4,12,15-18H2,1H3,(H,27,30). The lowest BCUT2D eigenvalue weighted by Gasteiger charge is -2.30. The third kappa shape index (κ3) is 5.57. The third-order valence-electron chi connectivity index (χ3n) is 5.73. The fourth-order valence-electron chi connectivity index (χ4n) is 4.16. The molecule has 0 aliphatic carbocycles. The molecule has 1 fully saturated rings. The van der Waals surface area contributed by atoms with Gasteiger partial charge in [-0.05, 0) is 54.1 Å². The topological polar surface area (TPSA) is 50.2 Å². The molecule has 1 amide bonds. The molecule has 0 spiro atoms. The number of nitrogens with one attached hydrogen (secondary N) is 1. The van der Waals surface area contributed by atoms with E-state index in [1.165, 1.54) is 31.5 Å². The Labute approximate surface area is 178 Å². The molecular formula is C25H30N4O. The summed E-state index contributed by atoms with van der Waals surface area (Å²) < 4.78 is 2.01. The van der Waals surface area contributed by atoms with Crippen molar-refractivity contribution in [2.24, 2.45) is 5.92 Å². The van der Waals surface area contributed by atoms with Gasteiger partial charge in [-0.2, -0.15) is 0 Å². The van der Waals surface area contributed by atoms with Crippen LogP contribution in [-0.4, -0.2) is 33.4 Å². The lowest BCUT2D eigenvalue weighted by atomic mass is 9.99. The fourth-order valence-corrected chi connectivity index (χ4v) is 4.16. The monoisotopic (exact) mass is 402 g/mol. The maximum absolute atomic E-state index is 12.5. The number of aromatic nitrogens is 2. The lowest BCUT2D eigenvalue weighted by Crippen LogP contribution is -2.33. The molecule has 1 saturated heterocycles. The maximum Gasteiger partial charge on any atom is 0.251 e. The van der Waals surface area contributed by atoms with E-state index < -0.39 is 0 Å². The second-order valence-electron chi connectivity index (χ2n) is 8.42. The summed E-state index contributed by atoms with van der Waals surface area (Å²) >= 11 is 0. The van der Waals surface area contributed by atoms with Crippen molar-refractivity contribution >= 4 is 5.91 Å². The van der Waals surface area contributed by atoms with Crippen molar-refractivity contribution in [3.05, 3.63) is 89.5 Å². The van der Waals surface area contributed by atoms with E-state index in [-0.39, 0.29) is 5.91 Å². The molecule has 1 aromatic heterocycles. The molecule has 1 aliphatic rings. The van der Waals surface area contributed by atoms with Gasteiger partial charge < -0.3 is 9.88 Å². The normalized spacial score (nSPS) is 17.0. The molecule has 4 rings (SSSR count). The number of nitrogens with zero attached hydrogens (tertiary/aromatic N) is 3. The number of imidazole rings is 1. The van der Waals surface area contributed by atoms with Gasteiger partial charge in [-0.25, -0.2) is 4.98 Å². The molecule has 1 atom stereocenters. The minimum atomic E-state index is -0.0422.